The van der Waals surface area contributed by atoms with E-state index in [1.807, 2.05) is 67.8 Å². The molecule has 0 saturated carbocycles. The molecule has 0 aliphatic carbocycles. The third-order valence-electron chi connectivity index (χ3n) is 10.4. The van der Waals surface area contributed by atoms with Gasteiger partial charge in [-0.1, -0.05) is 32.0 Å². The molecule has 0 radical (unpaired) electrons. The second-order valence-corrected chi connectivity index (χ2v) is 15.1. The Morgan fingerprint density at radius 2 is 1.79 bits per heavy atom. The minimum Gasteiger partial charge on any atom is -0.492 e. The predicted molar refractivity (Wildman–Crippen MR) is 206 cm³/mol. The van der Waals surface area contributed by atoms with Crippen molar-refractivity contribution in [1.29, 1.82) is 0 Å². The first kappa shape index (κ1) is 36.4. The zero-order valence-corrected chi connectivity index (χ0v) is 31.2. The average molecular weight is 760 g/mol. The van der Waals surface area contributed by atoms with Crippen LogP contribution >= 0.6 is 0 Å². The van der Waals surface area contributed by atoms with Crippen molar-refractivity contribution in [2.45, 2.75) is 45.1 Å². The highest BCUT2D eigenvalue weighted by molar-refractivity contribution is 6.25. The number of amides is 6. The maximum atomic E-state index is 13.6. The molecule has 3 aromatic carbocycles. The van der Waals surface area contributed by atoms with E-state index in [0.717, 1.165) is 34.7 Å². The van der Waals surface area contributed by atoms with Crippen LogP contribution in [0.4, 0.5) is 16.2 Å². The third-order valence-corrected chi connectivity index (χ3v) is 10.4. The van der Waals surface area contributed by atoms with E-state index < -0.39 is 35.7 Å². The number of fused-ring (bicyclic) bond motifs is 2. The lowest BCUT2D eigenvalue weighted by Crippen LogP contribution is -2.54. The molecule has 288 valence electrons. The molecule has 0 bridgehead atoms. The number of piperidine rings is 1. The van der Waals surface area contributed by atoms with Crippen molar-refractivity contribution in [2.24, 2.45) is 5.73 Å². The van der Waals surface area contributed by atoms with Crippen LogP contribution in [-0.4, -0.2) is 99.5 Å². The topological polar surface area (TPSA) is 198 Å². The Hall–Kier alpha value is -6.55. The van der Waals surface area contributed by atoms with Gasteiger partial charge in [0.05, 0.1) is 33.5 Å². The molecular formula is C40H41N9O7. The molecule has 2 aromatic heterocycles. The first-order chi connectivity index (χ1) is 26.9. The van der Waals surface area contributed by atoms with E-state index in [9.17, 15) is 24.0 Å². The lowest BCUT2D eigenvalue weighted by atomic mass is 9.92. The molecule has 2 saturated heterocycles. The lowest BCUT2D eigenvalue weighted by molar-refractivity contribution is -0.136. The summed E-state index contributed by atoms with van der Waals surface area (Å²) >= 11 is 0. The molecule has 16 heteroatoms. The van der Waals surface area contributed by atoms with Crippen LogP contribution in [0.3, 0.4) is 0 Å². The van der Waals surface area contributed by atoms with E-state index >= 15 is 0 Å². The summed E-state index contributed by atoms with van der Waals surface area (Å²) in [7, 11) is 0. The number of piperazine rings is 1. The van der Waals surface area contributed by atoms with Gasteiger partial charge >= 0.3 is 6.03 Å². The SMILES string of the molecule is CC(C)(C)c1cc(-c2cc(-n3cnc4cc(OCCN5CCN(c6cccc7c6C(=O)N(C6CCC(=O)NC6=O)C7=O)CC5)ccc43)ccc2NC(N)=O)no1. The Balaban J connectivity index is 0.898. The van der Waals surface area contributed by atoms with Crippen LogP contribution in [0.1, 0.15) is 60.1 Å². The maximum absolute atomic E-state index is 13.6. The van der Waals surface area contributed by atoms with Crippen molar-refractivity contribution in [3.05, 3.63) is 83.9 Å². The Labute approximate surface area is 321 Å². The number of urea groups is 1. The van der Waals surface area contributed by atoms with Gasteiger partial charge in [-0.2, -0.15) is 0 Å². The summed E-state index contributed by atoms with van der Waals surface area (Å²) in [6, 6.07) is 16.7. The van der Waals surface area contributed by atoms with Crippen LogP contribution in [0.5, 0.6) is 5.75 Å². The Morgan fingerprint density at radius 1 is 0.982 bits per heavy atom. The molecule has 1 unspecified atom stereocenters. The number of primary amides is 1. The first-order valence-electron chi connectivity index (χ1n) is 18.5. The molecule has 3 aliphatic heterocycles. The largest absolute Gasteiger partial charge is 0.492 e. The summed E-state index contributed by atoms with van der Waals surface area (Å²) in [6.45, 7) is 9.93. The molecule has 1 atom stereocenters. The van der Waals surface area contributed by atoms with E-state index in [2.05, 4.69) is 30.6 Å². The highest BCUT2D eigenvalue weighted by Crippen LogP contribution is 2.36. The van der Waals surface area contributed by atoms with E-state index in [0.29, 0.717) is 65.9 Å². The van der Waals surface area contributed by atoms with Crippen molar-refractivity contribution in [2.75, 3.05) is 49.5 Å². The molecule has 8 rings (SSSR count). The maximum Gasteiger partial charge on any atom is 0.316 e. The summed E-state index contributed by atoms with van der Waals surface area (Å²) in [5.41, 5.74) is 10.6. The quantitative estimate of drug-likeness (QED) is 0.183. The minimum absolute atomic E-state index is 0.0714. The van der Waals surface area contributed by atoms with E-state index in [-0.39, 0.29) is 23.8 Å². The number of carbonyl (C=O) groups is 5. The predicted octanol–water partition coefficient (Wildman–Crippen LogP) is 4.07. The number of imide groups is 2. The highest BCUT2D eigenvalue weighted by atomic mass is 16.5. The summed E-state index contributed by atoms with van der Waals surface area (Å²) in [5, 5.41) is 9.20. The normalized spacial score (nSPS) is 17.7. The molecule has 2 fully saturated rings. The van der Waals surface area contributed by atoms with Gasteiger partial charge in [0.1, 0.15) is 36.2 Å². The van der Waals surface area contributed by atoms with Crippen molar-refractivity contribution >= 4 is 52.1 Å². The van der Waals surface area contributed by atoms with Crippen LogP contribution < -0.4 is 26.0 Å². The number of hydrogen-bond donors (Lipinski definition) is 3. The van der Waals surface area contributed by atoms with Crippen molar-refractivity contribution in [3.63, 3.8) is 0 Å². The zero-order valence-electron chi connectivity index (χ0n) is 31.2. The van der Waals surface area contributed by atoms with Gasteiger partial charge in [-0.05, 0) is 48.9 Å². The smallest absolute Gasteiger partial charge is 0.316 e. The number of nitrogens with two attached hydrogens (primary N) is 1. The molecule has 56 heavy (non-hydrogen) atoms. The summed E-state index contributed by atoms with van der Waals surface area (Å²) in [4.78, 5) is 72.9. The third kappa shape index (κ3) is 6.83. The highest BCUT2D eigenvalue weighted by Gasteiger charge is 2.46. The first-order valence-corrected chi connectivity index (χ1v) is 18.5. The number of anilines is 2. The fraction of sp³-hybridized carbons (Fsp3) is 0.325. The van der Waals surface area contributed by atoms with Crippen molar-refractivity contribution < 1.29 is 33.2 Å². The van der Waals surface area contributed by atoms with Crippen molar-refractivity contribution in [1.82, 2.24) is 29.8 Å². The number of rotatable bonds is 9. The molecule has 16 nitrogen and oxygen atoms in total. The summed E-state index contributed by atoms with van der Waals surface area (Å²) in [5.74, 6) is -0.659. The van der Waals surface area contributed by atoms with Crippen LogP contribution in [0, 0.1) is 0 Å². The Bertz CT molecular complexity index is 2400. The molecule has 0 spiro atoms. The van der Waals surface area contributed by atoms with Gasteiger partial charge in [0.25, 0.3) is 11.8 Å². The number of aromatic nitrogens is 3. The number of carbonyl (C=O) groups excluding carboxylic acids is 5. The second-order valence-electron chi connectivity index (χ2n) is 15.1. The fourth-order valence-corrected chi connectivity index (χ4v) is 7.44. The molecule has 4 N–H and O–H groups in total. The second kappa shape index (κ2) is 14.3. The van der Waals surface area contributed by atoms with E-state index in [4.69, 9.17) is 15.0 Å². The lowest BCUT2D eigenvalue weighted by Gasteiger charge is -2.36. The van der Waals surface area contributed by atoms with Crippen LogP contribution in [0.25, 0.3) is 28.0 Å². The molecule has 6 amide bonds. The van der Waals surface area contributed by atoms with Gasteiger partial charge in [-0.3, -0.25) is 38.9 Å². The molecule has 5 heterocycles. The number of hydrogen-bond acceptors (Lipinski definition) is 11. The molecule has 5 aromatic rings. The summed E-state index contributed by atoms with van der Waals surface area (Å²) < 4.78 is 13.7. The molecule has 3 aliphatic rings. The Morgan fingerprint density at radius 3 is 2.52 bits per heavy atom. The van der Waals surface area contributed by atoms with Crippen LogP contribution in [0.2, 0.25) is 0 Å². The number of imidazole rings is 1. The minimum atomic E-state index is -1.01. The zero-order chi connectivity index (χ0) is 39.3. The van der Waals surface area contributed by atoms with Gasteiger partial charge < -0.3 is 25.2 Å². The van der Waals surface area contributed by atoms with E-state index in [1.165, 1.54) is 0 Å². The molecular weight excluding hydrogens is 718 g/mol. The van der Waals surface area contributed by atoms with E-state index in [1.54, 1.807) is 24.5 Å². The van der Waals surface area contributed by atoms with Gasteiger partial charge in [-0.15, -0.1) is 0 Å². The van der Waals surface area contributed by atoms with Crippen LogP contribution in [-0.2, 0) is 15.0 Å². The standard InChI is InChI=1S/C40H41N9O7/c1-40(2,3)33-21-28(45-56-33)26-19-23(7-9-27(26)43-39(41)54)48-22-42-29-20-24(8-10-30(29)48)55-18-17-46-13-15-47(16-14-46)31-6-4-5-25-35(31)38(53)49(37(25)52)32-11-12-34(50)44-36(32)51/h4-10,19-22,32H,11-18H2,1-3H3,(H3,41,43,54)(H,44,50,51). The Kier molecular flexibility index (Phi) is 9.28. The average Bonchev–Trinajstić information content (AvgIpc) is 3.89. The van der Waals surface area contributed by atoms with Gasteiger partial charge in [0, 0.05) is 67.9 Å². The van der Waals surface area contributed by atoms with Gasteiger partial charge in [0.2, 0.25) is 11.8 Å². The van der Waals surface area contributed by atoms with Gasteiger partial charge in [0.15, 0.2) is 0 Å². The summed E-state index contributed by atoms with van der Waals surface area (Å²) in [6.07, 6.45) is 1.92. The van der Waals surface area contributed by atoms with Crippen molar-refractivity contribution in [3.8, 4) is 22.7 Å². The van der Waals surface area contributed by atoms with Crippen LogP contribution in [0.15, 0.2) is 71.5 Å². The number of nitrogens with zero attached hydrogens (tertiary/aromatic N) is 6. The number of nitrogens with one attached hydrogen (secondary N) is 2. The number of benzene rings is 3. The fourth-order valence-electron chi connectivity index (χ4n) is 7.44. The van der Waals surface area contributed by atoms with Gasteiger partial charge in [-0.25, -0.2) is 9.78 Å². The number of ether oxygens (including phenoxy) is 1. The monoisotopic (exact) mass is 759 g/mol.